The molecule has 1 amide bonds. The van der Waals surface area contributed by atoms with Crippen LogP contribution in [0, 0.1) is 19.8 Å². The van der Waals surface area contributed by atoms with Crippen molar-refractivity contribution in [2.45, 2.75) is 27.7 Å². The summed E-state index contributed by atoms with van der Waals surface area (Å²) in [5.41, 5.74) is 3.74. The van der Waals surface area contributed by atoms with Crippen LogP contribution >= 0.6 is 23.6 Å². The van der Waals surface area contributed by atoms with E-state index in [0.717, 1.165) is 15.8 Å². The highest BCUT2D eigenvalue weighted by Gasteiger charge is 2.12. The Morgan fingerprint density at radius 3 is 2.79 bits per heavy atom. The van der Waals surface area contributed by atoms with Crippen LogP contribution in [-0.4, -0.2) is 22.6 Å². The van der Waals surface area contributed by atoms with Gasteiger partial charge in [-0.1, -0.05) is 37.3 Å². The van der Waals surface area contributed by atoms with Crippen LogP contribution < -0.4 is 15.4 Å². The second-order valence-electron chi connectivity index (χ2n) is 7.09. The van der Waals surface area contributed by atoms with E-state index >= 15 is 0 Å². The van der Waals surface area contributed by atoms with Crippen LogP contribution in [0.4, 0.5) is 5.13 Å². The lowest BCUT2D eigenvalue weighted by Crippen LogP contribution is -2.34. The third kappa shape index (κ3) is 5.05. The third-order valence-corrected chi connectivity index (χ3v) is 5.08. The molecule has 5 nitrogen and oxygen atoms in total. The number of hydrogen-bond donors (Lipinski definition) is 2. The van der Waals surface area contributed by atoms with Crippen molar-refractivity contribution in [1.29, 1.82) is 0 Å². The molecule has 0 saturated heterocycles. The zero-order valence-corrected chi connectivity index (χ0v) is 18.0. The number of carbonyl (C=O) groups excluding carboxylic acids is 1. The Kier molecular flexibility index (Phi) is 6.26. The lowest BCUT2D eigenvalue weighted by Gasteiger charge is -2.10. The van der Waals surface area contributed by atoms with Crippen LogP contribution in [0.25, 0.3) is 10.2 Å². The molecule has 2 N–H and O–H groups in total. The van der Waals surface area contributed by atoms with Crippen molar-refractivity contribution < 1.29 is 9.53 Å². The first-order chi connectivity index (χ1) is 13.3. The molecule has 7 heteroatoms. The molecule has 0 radical (unpaired) electrons. The Morgan fingerprint density at radius 2 is 2.04 bits per heavy atom. The normalized spacial score (nSPS) is 10.9. The van der Waals surface area contributed by atoms with E-state index in [4.69, 9.17) is 17.0 Å². The Balaban J connectivity index is 1.65. The van der Waals surface area contributed by atoms with Gasteiger partial charge in [0.05, 0.1) is 16.8 Å². The van der Waals surface area contributed by atoms with E-state index in [0.29, 0.717) is 29.0 Å². The first kappa shape index (κ1) is 20.2. The molecule has 0 aliphatic heterocycles. The number of thiocarbonyl (C=S) groups is 1. The summed E-state index contributed by atoms with van der Waals surface area (Å²) in [4.78, 5) is 17.1. The van der Waals surface area contributed by atoms with E-state index in [1.165, 1.54) is 16.9 Å². The number of hydrogen-bond acceptors (Lipinski definition) is 5. The summed E-state index contributed by atoms with van der Waals surface area (Å²) in [6.45, 7) is 8.84. The average Bonchev–Trinajstić information content (AvgIpc) is 3.02. The number of nitrogens with zero attached hydrogens (tertiary/aromatic N) is 1. The van der Waals surface area contributed by atoms with Gasteiger partial charge in [0.1, 0.15) is 5.75 Å². The minimum atomic E-state index is -0.291. The number of fused-ring (bicyclic) bond motifs is 1. The third-order valence-electron chi connectivity index (χ3n) is 3.96. The number of benzene rings is 2. The standard InChI is InChI=1S/C21H23N3O2S2/c1-12(2)11-26-16-7-5-6-15(10-16)19(25)23-20(27)24-21-22-18-14(4)8-13(3)9-17(18)28-21/h5-10,12H,11H2,1-4H3,(H2,22,23,24,25,27). The quantitative estimate of drug-likeness (QED) is 0.572. The van der Waals surface area contributed by atoms with Crippen molar-refractivity contribution in [3.63, 3.8) is 0 Å². The molecule has 0 atom stereocenters. The fraction of sp³-hybridized carbons (Fsp3) is 0.286. The molecular formula is C21H23N3O2S2. The van der Waals surface area contributed by atoms with Gasteiger partial charge in [-0.15, -0.1) is 0 Å². The molecule has 0 unspecified atom stereocenters. The maximum absolute atomic E-state index is 12.5. The lowest BCUT2D eigenvalue weighted by atomic mass is 10.1. The van der Waals surface area contributed by atoms with Gasteiger partial charge in [-0.25, -0.2) is 4.98 Å². The number of ether oxygens (including phenoxy) is 1. The predicted octanol–water partition coefficient (Wildman–Crippen LogP) is 5.07. The van der Waals surface area contributed by atoms with Gasteiger partial charge in [0.2, 0.25) is 0 Å². The highest BCUT2D eigenvalue weighted by Crippen LogP contribution is 2.29. The maximum atomic E-state index is 12.5. The number of anilines is 1. The molecule has 3 aromatic rings. The molecule has 0 aliphatic carbocycles. The topological polar surface area (TPSA) is 63.2 Å². The first-order valence-electron chi connectivity index (χ1n) is 9.05. The van der Waals surface area contributed by atoms with Crippen molar-refractivity contribution in [3.8, 4) is 5.75 Å². The zero-order chi connectivity index (χ0) is 20.3. The fourth-order valence-corrected chi connectivity index (χ4v) is 4.02. The lowest BCUT2D eigenvalue weighted by molar-refractivity contribution is 0.0977. The van der Waals surface area contributed by atoms with E-state index in [1.54, 1.807) is 18.2 Å². The minimum absolute atomic E-state index is 0.215. The summed E-state index contributed by atoms with van der Waals surface area (Å²) in [7, 11) is 0. The predicted molar refractivity (Wildman–Crippen MR) is 120 cm³/mol. The van der Waals surface area contributed by atoms with Gasteiger partial charge >= 0.3 is 0 Å². The smallest absolute Gasteiger partial charge is 0.257 e. The molecule has 2 aromatic carbocycles. The number of aryl methyl sites for hydroxylation is 2. The number of aromatic nitrogens is 1. The van der Waals surface area contributed by atoms with E-state index < -0.39 is 0 Å². The molecule has 0 aliphatic rings. The van der Waals surface area contributed by atoms with Crippen molar-refractivity contribution in [2.75, 3.05) is 11.9 Å². The van der Waals surface area contributed by atoms with Gasteiger partial charge in [0, 0.05) is 5.56 Å². The van der Waals surface area contributed by atoms with Gasteiger partial charge in [0.25, 0.3) is 5.91 Å². The van der Waals surface area contributed by atoms with E-state index in [9.17, 15) is 4.79 Å². The molecule has 146 valence electrons. The summed E-state index contributed by atoms with van der Waals surface area (Å²) in [5.74, 6) is 0.786. The summed E-state index contributed by atoms with van der Waals surface area (Å²) in [5, 5.41) is 6.58. The highest BCUT2D eigenvalue weighted by atomic mass is 32.1. The number of nitrogens with one attached hydrogen (secondary N) is 2. The van der Waals surface area contributed by atoms with Crippen molar-refractivity contribution >= 4 is 49.9 Å². The highest BCUT2D eigenvalue weighted by molar-refractivity contribution is 7.80. The molecule has 1 heterocycles. The van der Waals surface area contributed by atoms with E-state index in [-0.39, 0.29) is 11.0 Å². The summed E-state index contributed by atoms with van der Waals surface area (Å²) < 4.78 is 6.76. The Hall–Kier alpha value is -2.51. The van der Waals surface area contributed by atoms with Gasteiger partial charge in [0.15, 0.2) is 10.2 Å². The SMILES string of the molecule is Cc1cc(C)c2nc(NC(=S)NC(=O)c3cccc(OCC(C)C)c3)sc2c1. The molecule has 28 heavy (non-hydrogen) atoms. The monoisotopic (exact) mass is 413 g/mol. The molecule has 0 spiro atoms. The number of rotatable bonds is 5. The van der Waals surface area contributed by atoms with Crippen molar-refractivity contribution in [3.05, 3.63) is 53.1 Å². The first-order valence-corrected chi connectivity index (χ1v) is 10.3. The zero-order valence-electron chi connectivity index (χ0n) is 16.3. The van der Waals surface area contributed by atoms with Crippen LogP contribution in [-0.2, 0) is 0 Å². The molecule has 0 fully saturated rings. The van der Waals surface area contributed by atoms with Gasteiger partial charge in [-0.3, -0.25) is 10.1 Å². The second-order valence-corrected chi connectivity index (χ2v) is 8.53. The molecule has 3 rings (SSSR count). The second kappa shape index (κ2) is 8.67. The molecule has 1 aromatic heterocycles. The Morgan fingerprint density at radius 1 is 1.25 bits per heavy atom. The maximum Gasteiger partial charge on any atom is 0.257 e. The molecule has 0 saturated carbocycles. The minimum Gasteiger partial charge on any atom is -0.493 e. The Labute approximate surface area is 174 Å². The summed E-state index contributed by atoms with van der Waals surface area (Å²) in [6, 6.07) is 11.3. The largest absolute Gasteiger partial charge is 0.493 e. The van der Waals surface area contributed by atoms with E-state index in [2.05, 4.69) is 48.5 Å². The number of thiazole rings is 1. The van der Waals surface area contributed by atoms with Crippen LogP contribution in [0.1, 0.15) is 35.3 Å². The number of carbonyl (C=O) groups is 1. The van der Waals surface area contributed by atoms with Crippen LogP contribution in [0.3, 0.4) is 0 Å². The van der Waals surface area contributed by atoms with Crippen LogP contribution in [0.2, 0.25) is 0 Å². The van der Waals surface area contributed by atoms with Gasteiger partial charge in [-0.2, -0.15) is 0 Å². The van der Waals surface area contributed by atoms with Gasteiger partial charge < -0.3 is 10.1 Å². The fourth-order valence-electron chi connectivity index (χ4n) is 2.72. The molecular weight excluding hydrogens is 390 g/mol. The average molecular weight is 414 g/mol. The van der Waals surface area contributed by atoms with Crippen molar-refractivity contribution in [2.24, 2.45) is 5.92 Å². The van der Waals surface area contributed by atoms with E-state index in [1.807, 2.05) is 13.0 Å². The van der Waals surface area contributed by atoms with Crippen LogP contribution in [0.5, 0.6) is 5.75 Å². The number of amides is 1. The van der Waals surface area contributed by atoms with Crippen molar-refractivity contribution in [1.82, 2.24) is 10.3 Å². The summed E-state index contributed by atoms with van der Waals surface area (Å²) in [6.07, 6.45) is 0. The van der Waals surface area contributed by atoms with Gasteiger partial charge in [-0.05, 0) is 67.4 Å². The summed E-state index contributed by atoms with van der Waals surface area (Å²) >= 11 is 6.79. The molecule has 0 bridgehead atoms. The van der Waals surface area contributed by atoms with Crippen LogP contribution in [0.15, 0.2) is 36.4 Å². The Bertz CT molecular complexity index is 1030.